The van der Waals surface area contributed by atoms with Gasteiger partial charge in [-0.05, 0) is 36.3 Å². The summed E-state index contributed by atoms with van der Waals surface area (Å²) in [5, 5.41) is 10.4. The van der Waals surface area contributed by atoms with E-state index in [9.17, 15) is 5.11 Å². The van der Waals surface area contributed by atoms with Gasteiger partial charge in [0.2, 0.25) is 0 Å². The van der Waals surface area contributed by atoms with Crippen LogP contribution in [0, 0.1) is 5.92 Å². The van der Waals surface area contributed by atoms with Gasteiger partial charge >= 0.3 is 0 Å². The predicted octanol–water partition coefficient (Wildman–Crippen LogP) is 2.11. The molecule has 0 radical (unpaired) electrons. The molecule has 3 rings (SSSR count). The summed E-state index contributed by atoms with van der Waals surface area (Å²) in [6.45, 7) is 1.63. The third kappa shape index (κ3) is 1.66. The highest BCUT2D eigenvalue weighted by Gasteiger charge is 2.36. The fraction of sp³-hybridized carbons (Fsp3) is 0.571. The normalized spacial score (nSPS) is 26.9. The lowest BCUT2D eigenvalue weighted by Crippen LogP contribution is -2.37. The summed E-state index contributed by atoms with van der Waals surface area (Å²) < 4.78 is 5.34. The highest BCUT2D eigenvalue weighted by Crippen LogP contribution is 2.41. The quantitative estimate of drug-likeness (QED) is 0.824. The van der Waals surface area contributed by atoms with Crippen molar-refractivity contribution in [1.82, 2.24) is 0 Å². The molecule has 1 heterocycles. The van der Waals surface area contributed by atoms with Crippen LogP contribution < -0.4 is 0 Å². The summed E-state index contributed by atoms with van der Waals surface area (Å²) in [5.41, 5.74) is 2.78. The lowest BCUT2D eigenvalue weighted by atomic mass is 9.70. The molecule has 16 heavy (non-hydrogen) atoms. The minimum atomic E-state index is -0.168. The predicted molar refractivity (Wildman–Crippen MR) is 62.4 cm³/mol. The van der Waals surface area contributed by atoms with Crippen LogP contribution >= 0.6 is 0 Å². The van der Waals surface area contributed by atoms with Crippen molar-refractivity contribution in [3.8, 4) is 0 Å². The van der Waals surface area contributed by atoms with Gasteiger partial charge in [0, 0.05) is 19.1 Å². The van der Waals surface area contributed by atoms with Crippen molar-refractivity contribution in [1.29, 1.82) is 0 Å². The van der Waals surface area contributed by atoms with Crippen LogP contribution in [0.1, 0.15) is 29.9 Å². The van der Waals surface area contributed by atoms with Gasteiger partial charge in [-0.3, -0.25) is 0 Å². The molecule has 0 bridgehead atoms. The average Bonchev–Trinajstić information content (AvgIpc) is 2.32. The zero-order valence-corrected chi connectivity index (χ0v) is 9.43. The summed E-state index contributed by atoms with van der Waals surface area (Å²) in [4.78, 5) is 0. The summed E-state index contributed by atoms with van der Waals surface area (Å²) in [7, 11) is 0. The van der Waals surface area contributed by atoms with Crippen molar-refractivity contribution >= 4 is 0 Å². The second-order valence-corrected chi connectivity index (χ2v) is 4.95. The molecule has 2 aliphatic rings. The fourth-order valence-corrected chi connectivity index (χ4v) is 2.99. The molecule has 1 fully saturated rings. The molecule has 0 amide bonds. The van der Waals surface area contributed by atoms with Gasteiger partial charge < -0.3 is 9.84 Å². The maximum atomic E-state index is 10.4. The smallest absolute Gasteiger partial charge is 0.0641 e. The molecule has 2 heteroatoms. The molecule has 0 saturated carbocycles. The van der Waals surface area contributed by atoms with Crippen LogP contribution in [0.5, 0.6) is 0 Å². The van der Waals surface area contributed by atoms with E-state index in [0.717, 1.165) is 32.5 Å². The molecular formula is C14H18O2. The fourth-order valence-electron chi connectivity index (χ4n) is 2.99. The summed E-state index contributed by atoms with van der Waals surface area (Å²) in [5.74, 6) is 0.811. The van der Waals surface area contributed by atoms with Gasteiger partial charge in [-0.1, -0.05) is 24.3 Å². The number of benzene rings is 1. The van der Waals surface area contributed by atoms with Gasteiger partial charge in [0.05, 0.1) is 6.10 Å². The van der Waals surface area contributed by atoms with Crippen LogP contribution in [0.15, 0.2) is 24.3 Å². The van der Waals surface area contributed by atoms with Crippen molar-refractivity contribution in [2.24, 2.45) is 5.92 Å². The van der Waals surface area contributed by atoms with E-state index in [1.54, 1.807) is 0 Å². The SMILES string of the molecule is OC(C1CCOCC1)C1Cc2ccccc21. The first-order valence-corrected chi connectivity index (χ1v) is 6.20. The Kier molecular flexibility index (Phi) is 2.70. The third-order valence-electron chi connectivity index (χ3n) is 4.06. The Morgan fingerprint density at radius 2 is 1.94 bits per heavy atom. The molecule has 0 spiro atoms. The first-order chi connectivity index (χ1) is 7.86. The Balaban J connectivity index is 1.71. The first-order valence-electron chi connectivity index (χ1n) is 6.20. The van der Waals surface area contributed by atoms with Crippen molar-refractivity contribution in [2.75, 3.05) is 13.2 Å². The van der Waals surface area contributed by atoms with E-state index >= 15 is 0 Å². The van der Waals surface area contributed by atoms with E-state index in [1.807, 2.05) is 0 Å². The number of hydrogen-bond donors (Lipinski definition) is 1. The summed E-state index contributed by atoms with van der Waals surface area (Å²) in [6, 6.07) is 8.48. The lowest BCUT2D eigenvalue weighted by molar-refractivity contribution is -0.00625. The Morgan fingerprint density at radius 3 is 2.69 bits per heavy atom. The van der Waals surface area contributed by atoms with E-state index in [2.05, 4.69) is 24.3 Å². The maximum absolute atomic E-state index is 10.4. The van der Waals surface area contributed by atoms with Crippen molar-refractivity contribution in [2.45, 2.75) is 31.3 Å². The van der Waals surface area contributed by atoms with Crippen molar-refractivity contribution < 1.29 is 9.84 Å². The molecule has 86 valence electrons. The second-order valence-electron chi connectivity index (χ2n) is 4.95. The summed E-state index contributed by atoms with van der Waals surface area (Å²) in [6.07, 6.45) is 2.91. The highest BCUT2D eigenvalue weighted by molar-refractivity contribution is 5.40. The average molecular weight is 218 g/mol. The molecule has 1 aromatic carbocycles. The van der Waals surface area contributed by atoms with Gasteiger partial charge in [-0.25, -0.2) is 0 Å². The number of hydrogen-bond acceptors (Lipinski definition) is 2. The van der Waals surface area contributed by atoms with Gasteiger partial charge in [0.15, 0.2) is 0 Å². The van der Waals surface area contributed by atoms with E-state index in [4.69, 9.17) is 4.74 Å². The number of ether oxygens (including phenoxy) is 1. The van der Waals surface area contributed by atoms with E-state index in [1.165, 1.54) is 11.1 Å². The number of aliphatic hydroxyl groups excluding tert-OH is 1. The zero-order valence-electron chi connectivity index (χ0n) is 9.43. The van der Waals surface area contributed by atoms with Crippen LogP contribution in [0.3, 0.4) is 0 Å². The van der Waals surface area contributed by atoms with Crippen LogP contribution in [-0.2, 0) is 11.2 Å². The van der Waals surface area contributed by atoms with Crippen molar-refractivity contribution in [3.05, 3.63) is 35.4 Å². The second kappa shape index (κ2) is 4.19. The minimum Gasteiger partial charge on any atom is -0.392 e. The zero-order chi connectivity index (χ0) is 11.0. The van der Waals surface area contributed by atoms with Crippen LogP contribution in [0.25, 0.3) is 0 Å². The van der Waals surface area contributed by atoms with Crippen LogP contribution in [0.4, 0.5) is 0 Å². The largest absolute Gasteiger partial charge is 0.392 e. The molecule has 1 aromatic rings. The van der Waals surface area contributed by atoms with Crippen LogP contribution in [-0.4, -0.2) is 24.4 Å². The Bertz CT molecular complexity index is 369. The number of fused-ring (bicyclic) bond motifs is 1. The Labute approximate surface area is 96.2 Å². The first kappa shape index (κ1) is 10.3. The third-order valence-corrected chi connectivity index (χ3v) is 4.06. The molecule has 1 aliphatic heterocycles. The topological polar surface area (TPSA) is 29.5 Å². The lowest BCUT2D eigenvalue weighted by Gasteiger charge is -2.38. The monoisotopic (exact) mass is 218 g/mol. The number of rotatable bonds is 2. The number of aliphatic hydroxyl groups is 1. The summed E-state index contributed by atoms with van der Waals surface area (Å²) >= 11 is 0. The maximum Gasteiger partial charge on any atom is 0.0641 e. The van der Waals surface area contributed by atoms with Crippen LogP contribution in [0.2, 0.25) is 0 Å². The van der Waals surface area contributed by atoms with E-state index in [0.29, 0.717) is 11.8 Å². The van der Waals surface area contributed by atoms with Gasteiger partial charge in [-0.15, -0.1) is 0 Å². The minimum absolute atomic E-state index is 0.168. The molecule has 2 nitrogen and oxygen atoms in total. The van der Waals surface area contributed by atoms with E-state index in [-0.39, 0.29) is 6.10 Å². The Morgan fingerprint density at radius 1 is 1.19 bits per heavy atom. The highest BCUT2D eigenvalue weighted by atomic mass is 16.5. The molecule has 1 aliphatic carbocycles. The standard InChI is InChI=1S/C14H18O2/c15-14(10-5-7-16-8-6-10)13-9-11-3-1-2-4-12(11)13/h1-4,10,13-15H,5-9H2. The molecular weight excluding hydrogens is 200 g/mol. The molecule has 0 aromatic heterocycles. The molecule has 2 unspecified atom stereocenters. The van der Waals surface area contributed by atoms with Gasteiger partial charge in [-0.2, -0.15) is 0 Å². The van der Waals surface area contributed by atoms with E-state index < -0.39 is 0 Å². The Hall–Kier alpha value is -0.860. The molecule has 2 atom stereocenters. The van der Waals surface area contributed by atoms with Gasteiger partial charge in [0.25, 0.3) is 0 Å². The molecule has 1 N–H and O–H groups in total. The van der Waals surface area contributed by atoms with Crippen molar-refractivity contribution in [3.63, 3.8) is 0 Å². The van der Waals surface area contributed by atoms with Gasteiger partial charge in [0.1, 0.15) is 0 Å². The molecule has 1 saturated heterocycles.